The van der Waals surface area contributed by atoms with Gasteiger partial charge in [0.2, 0.25) is 5.91 Å². The first-order valence-electron chi connectivity index (χ1n) is 6.99. The molecule has 0 radical (unpaired) electrons. The van der Waals surface area contributed by atoms with E-state index in [0.29, 0.717) is 19.1 Å². The van der Waals surface area contributed by atoms with Crippen LogP contribution in [-0.4, -0.2) is 63.6 Å². The minimum atomic E-state index is -3.10. The lowest BCUT2D eigenvalue weighted by atomic mass is 10.1. The van der Waals surface area contributed by atoms with Gasteiger partial charge in [0.15, 0.2) is 0 Å². The molecule has 0 aromatic heterocycles. The van der Waals surface area contributed by atoms with E-state index in [1.165, 1.54) is 0 Å². The third-order valence-corrected chi connectivity index (χ3v) is 4.71. The highest BCUT2D eigenvalue weighted by Crippen LogP contribution is 2.35. The van der Waals surface area contributed by atoms with Crippen LogP contribution in [0.5, 0.6) is 0 Å². The standard InChI is InChI=1S/C13H26N2O4S/c1-10(11-4-5-11)15(7-8-19-2)13(16)12(14)6-9-20(3,17)18/h10-12H,4-9,14H2,1-3H3. The minimum absolute atomic E-state index is 0.0597. The lowest BCUT2D eigenvalue weighted by Crippen LogP contribution is -2.50. The Bertz CT molecular complexity index is 420. The Morgan fingerprint density at radius 2 is 2.05 bits per heavy atom. The predicted molar refractivity (Wildman–Crippen MR) is 78.1 cm³/mol. The second-order valence-electron chi connectivity index (χ2n) is 5.63. The number of ether oxygens (including phenoxy) is 1. The molecule has 2 atom stereocenters. The van der Waals surface area contributed by atoms with Crippen molar-refractivity contribution in [2.24, 2.45) is 11.7 Å². The molecule has 1 aliphatic carbocycles. The minimum Gasteiger partial charge on any atom is -0.383 e. The van der Waals surface area contributed by atoms with Crippen molar-refractivity contribution < 1.29 is 17.9 Å². The number of hydrogen-bond donors (Lipinski definition) is 1. The van der Waals surface area contributed by atoms with Gasteiger partial charge >= 0.3 is 0 Å². The van der Waals surface area contributed by atoms with Gasteiger partial charge in [0.05, 0.1) is 18.4 Å². The normalized spacial score (nSPS) is 18.6. The number of sulfone groups is 1. The van der Waals surface area contributed by atoms with Crippen molar-refractivity contribution >= 4 is 15.7 Å². The summed E-state index contributed by atoms with van der Waals surface area (Å²) in [6.07, 6.45) is 3.59. The summed E-state index contributed by atoms with van der Waals surface area (Å²) in [7, 11) is -1.50. The second-order valence-corrected chi connectivity index (χ2v) is 7.89. The monoisotopic (exact) mass is 306 g/mol. The zero-order valence-corrected chi connectivity index (χ0v) is 13.4. The van der Waals surface area contributed by atoms with Crippen LogP contribution in [-0.2, 0) is 19.4 Å². The largest absolute Gasteiger partial charge is 0.383 e. The average molecular weight is 306 g/mol. The quantitative estimate of drug-likeness (QED) is 0.649. The van der Waals surface area contributed by atoms with Crippen LogP contribution in [0, 0.1) is 5.92 Å². The Labute approximate surface area is 121 Å². The molecule has 7 heteroatoms. The van der Waals surface area contributed by atoms with Gasteiger partial charge in [-0.1, -0.05) is 0 Å². The first-order valence-corrected chi connectivity index (χ1v) is 9.05. The maximum atomic E-state index is 12.4. The lowest BCUT2D eigenvalue weighted by molar-refractivity contribution is -0.135. The van der Waals surface area contributed by atoms with Crippen LogP contribution >= 0.6 is 0 Å². The van der Waals surface area contributed by atoms with E-state index in [0.717, 1.165) is 19.1 Å². The van der Waals surface area contributed by atoms with Crippen molar-refractivity contribution in [3.05, 3.63) is 0 Å². The third kappa shape index (κ3) is 5.76. The topological polar surface area (TPSA) is 89.7 Å². The van der Waals surface area contributed by atoms with Crippen molar-refractivity contribution in [1.82, 2.24) is 4.90 Å². The highest BCUT2D eigenvalue weighted by Gasteiger charge is 2.35. The van der Waals surface area contributed by atoms with Crippen molar-refractivity contribution in [3.8, 4) is 0 Å². The van der Waals surface area contributed by atoms with Crippen LogP contribution in [0.3, 0.4) is 0 Å². The van der Waals surface area contributed by atoms with Gasteiger partial charge in [0.25, 0.3) is 0 Å². The van der Waals surface area contributed by atoms with Crippen LogP contribution < -0.4 is 5.73 Å². The van der Waals surface area contributed by atoms with Gasteiger partial charge in [0.1, 0.15) is 9.84 Å². The highest BCUT2D eigenvalue weighted by atomic mass is 32.2. The Morgan fingerprint density at radius 3 is 2.50 bits per heavy atom. The van der Waals surface area contributed by atoms with E-state index in [2.05, 4.69) is 0 Å². The van der Waals surface area contributed by atoms with Crippen molar-refractivity contribution in [3.63, 3.8) is 0 Å². The molecule has 1 fully saturated rings. The smallest absolute Gasteiger partial charge is 0.239 e. The fourth-order valence-corrected chi connectivity index (χ4v) is 2.90. The molecule has 20 heavy (non-hydrogen) atoms. The summed E-state index contributed by atoms with van der Waals surface area (Å²) in [5.41, 5.74) is 5.86. The molecule has 0 aliphatic heterocycles. The van der Waals surface area contributed by atoms with E-state index in [-0.39, 0.29) is 24.1 Å². The molecular weight excluding hydrogens is 280 g/mol. The van der Waals surface area contributed by atoms with Gasteiger partial charge in [-0.05, 0) is 32.1 Å². The first-order chi connectivity index (χ1) is 9.26. The molecule has 0 bridgehead atoms. The van der Waals surface area contributed by atoms with Crippen molar-refractivity contribution in [1.29, 1.82) is 0 Å². The Balaban J connectivity index is 2.60. The summed E-state index contributed by atoms with van der Waals surface area (Å²) < 4.78 is 27.3. The van der Waals surface area contributed by atoms with Crippen LogP contribution in [0.1, 0.15) is 26.2 Å². The molecule has 2 N–H and O–H groups in total. The van der Waals surface area contributed by atoms with E-state index < -0.39 is 15.9 Å². The molecule has 0 saturated heterocycles. The molecule has 2 unspecified atom stereocenters. The van der Waals surface area contributed by atoms with Gasteiger partial charge in [-0.3, -0.25) is 4.79 Å². The number of hydrogen-bond acceptors (Lipinski definition) is 5. The molecule has 0 aromatic rings. The summed E-state index contributed by atoms with van der Waals surface area (Å²) in [5, 5.41) is 0. The van der Waals surface area contributed by atoms with Crippen LogP contribution in [0.25, 0.3) is 0 Å². The van der Waals surface area contributed by atoms with Crippen LogP contribution in [0.15, 0.2) is 0 Å². The summed E-state index contributed by atoms with van der Waals surface area (Å²) in [6, 6.07) is -0.621. The fraction of sp³-hybridized carbons (Fsp3) is 0.923. The molecule has 6 nitrogen and oxygen atoms in total. The summed E-state index contributed by atoms with van der Waals surface area (Å²) >= 11 is 0. The van der Waals surface area contributed by atoms with E-state index in [4.69, 9.17) is 10.5 Å². The number of amides is 1. The van der Waals surface area contributed by atoms with E-state index in [1.54, 1.807) is 12.0 Å². The maximum absolute atomic E-state index is 12.4. The van der Waals surface area contributed by atoms with E-state index >= 15 is 0 Å². The fourth-order valence-electron chi connectivity index (χ4n) is 2.21. The third-order valence-electron chi connectivity index (χ3n) is 3.73. The lowest BCUT2D eigenvalue weighted by Gasteiger charge is -2.31. The molecule has 0 spiro atoms. The van der Waals surface area contributed by atoms with Crippen molar-refractivity contribution in [2.45, 2.75) is 38.3 Å². The van der Waals surface area contributed by atoms with E-state index in [9.17, 15) is 13.2 Å². The van der Waals surface area contributed by atoms with Gasteiger partial charge in [0, 0.05) is 26.0 Å². The summed E-state index contributed by atoms with van der Waals surface area (Å²) in [5.74, 6) is 0.304. The predicted octanol–water partition coefficient (Wildman–Crippen LogP) is 0.0219. The Kier molecular flexibility index (Phi) is 6.42. The van der Waals surface area contributed by atoms with Gasteiger partial charge in [-0.15, -0.1) is 0 Å². The number of methoxy groups -OCH3 is 1. The summed E-state index contributed by atoms with van der Waals surface area (Å²) in [6.45, 7) is 2.98. The molecular formula is C13H26N2O4S. The first kappa shape index (κ1) is 17.4. The number of nitrogens with zero attached hydrogens (tertiary/aromatic N) is 1. The Morgan fingerprint density at radius 1 is 1.45 bits per heavy atom. The van der Waals surface area contributed by atoms with Crippen LogP contribution in [0.2, 0.25) is 0 Å². The van der Waals surface area contributed by atoms with E-state index in [1.807, 2.05) is 6.92 Å². The zero-order valence-electron chi connectivity index (χ0n) is 12.5. The molecule has 0 aromatic carbocycles. The van der Waals surface area contributed by atoms with Gasteiger partial charge in [-0.25, -0.2) is 8.42 Å². The molecule has 118 valence electrons. The summed E-state index contributed by atoms with van der Waals surface area (Å²) in [4.78, 5) is 14.1. The van der Waals surface area contributed by atoms with Gasteiger partial charge < -0.3 is 15.4 Å². The molecule has 0 heterocycles. The Hall–Kier alpha value is -0.660. The number of rotatable bonds is 9. The maximum Gasteiger partial charge on any atom is 0.239 e. The molecule has 1 rings (SSSR count). The average Bonchev–Trinajstić information content (AvgIpc) is 3.19. The molecule has 1 amide bonds. The van der Waals surface area contributed by atoms with Crippen LogP contribution in [0.4, 0.5) is 0 Å². The van der Waals surface area contributed by atoms with Crippen molar-refractivity contribution in [2.75, 3.05) is 32.3 Å². The highest BCUT2D eigenvalue weighted by molar-refractivity contribution is 7.90. The zero-order chi connectivity index (χ0) is 15.3. The number of carbonyl (C=O) groups is 1. The second kappa shape index (κ2) is 7.38. The number of nitrogens with two attached hydrogens (primary N) is 1. The van der Waals surface area contributed by atoms with Gasteiger partial charge in [-0.2, -0.15) is 0 Å². The molecule has 1 aliphatic rings. The molecule has 1 saturated carbocycles. The number of carbonyl (C=O) groups excluding carboxylic acids is 1. The SMILES string of the molecule is COCCN(C(=O)C(N)CCS(C)(=O)=O)C(C)C1CC1.